The number of ether oxygens (including phenoxy) is 1. The second-order valence-electron chi connectivity index (χ2n) is 10.8. The van der Waals surface area contributed by atoms with Gasteiger partial charge in [0.2, 0.25) is 0 Å². The molecule has 5 saturated carbocycles. The van der Waals surface area contributed by atoms with Gasteiger partial charge in [0.15, 0.2) is 0 Å². The Bertz CT molecular complexity index is 795. The molecule has 0 aromatic carbocycles. The highest BCUT2D eigenvalue weighted by Crippen LogP contribution is 2.79. The zero-order valence-corrected chi connectivity index (χ0v) is 16.6. The van der Waals surface area contributed by atoms with Crippen LogP contribution in [0.3, 0.4) is 0 Å². The van der Waals surface area contributed by atoms with Crippen LogP contribution in [0, 0.1) is 76.9 Å². The maximum absolute atomic E-state index is 12.6. The molecule has 0 aromatic heterocycles. The van der Waals surface area contributed by atoms with E-state index in [0.29, 0.717) is 29.6 Å². The highest BCUT2D eigenvalue weighted by atomic mass is 16.6. The fourth-order valence-corrected chi connectivity index (χ4v) is 9.83. The van der Waals surface area contributed by atoms with Crippen LogP contribution in [0.15, 0.2) is 24.3 Å². The molecule has 1 heterocycles. The summed E-state index contributed by atoms with van der Waals surface area (Å²) in [6, 6.07) is 0. The first-order chi connectivity index (χ1) is 12.8. The summed E-state index contributed by atoms with van der Waals surface area (Å²) in [6.45, 7) is 15.1. The topological polar surface area (TPSA) is 43.4 Å². The van der Waals surface area contributed by atoms with Crippen molar-refractivity contribution in [3.05, 3.63) is 24.3 Å². The number of hydrogen-bond acceptors (Lipinski definition) is 3. The van der Waals surface area contributed by atoms with Gasteiger partial charge in [0.1, 0.15) is 0 Å². The molecular formula is C24H30O3. The summed E-state index contributed by atoms with van der Waals surface area (Å²) in [5.41, 5.74) is 2.66. The molecule has 5 aliphatic carbocycles. The molecule has 0 spiro atoms. The highest BCUT2D eigenvalue weighted by Gasteiger charge is 2.76. The van der Waals surface area contributed by atoms with Gasteiger partial charge in [-0.1, -0.05) is 31.2 Å². The molecule has 0 aromatic rings. The van der Waals surface area contributed by atoms with Gasteiger partial charge in [0.25, 0.3) is 0 Å². The van der Waals surface area contributed by atoms with Gasteiger partial charge in [-0.2, -0.15) is 0 Å². The van der Waals surface area contributed by atoms with Gasteiger partial charge < -0.3 is 4.74 Å². The van der Waals surface area contributed by atoms with E-state index < -0.39 is 0 Å². The summed E-state index contributed by atoms with van der Waals surface area (Å²) in [5.74, 6) is 6.31. The molecule has 3 nitrogen and oxygen atoms in total. The number of esters is 2. The Morgan fingerprint density at radius 2 is 1.26 bits per heavy atom. The SMILES string of the molecule is C=C(C)C1C(C(=C)C)C2C3CC(C4C5CC(C6C(C)C(=O)OC(=O)C56)C34)C12. The predicted molar refractivity (Wildman–Crippen MR) is 101 cm³/mol. The van der Waals surface area contributed by atoms with Gasteiger partial charge in [-0.3, -0.25) is 9.59 Å². The van der Waals surface area contributed by atoms with Gasteiger partial charge >= 0.3 is 11.9 Å². The Balaban J connectivity index is 1.38. The first-order valence-corrected chi connectivity index (χ1v) is 10.9. The summed E-state index contributed by atoms with van der Waals surface area (Å²) < 4.78 is 5.16. The Morgan fingerprint density at radius 1 is 0.778 bits per heavy atom. The molecule has 3 heteroatoms. The fraction of sp³-hybridized carbons (Fsp3) is 0.750. The molecule has 0 amide bonds. The van der Waals surface area contributed by atoms with Gasteiger partial charge in [0.05, 0.1) is 11.8 Å². The van der Waals surface area contributed by atoms with Crippen molar-refractivity contribution in [1.29, 1.82) is 0 Å². The minimum atomic E-state index is -0.280. The third kappa shape index (κ3) is 1.68. The van der Waals surface area contributed by atoms with Crippen LogP contribution in [0.2, 0.25) is 0 Å². The lowest BCUT2D eigenvalue weighted by molar-refractivity contribution is -0.184. The molecule has 6 rings (SSSR count). The number of allylic oxidation sites excluding steroid dienone is 2. The van der Waals surface area contributed by atoms with Crippen LogP contribution < -0.4 is 0 Å². The monoisotopic (exact) mass is 366 g/mol. The van der Waals surface area contributed by atoms with E-state index in [1.807, 2.05) is 6.92 Å². The highest BCUT2D eigenvalue weighted by molar-refractivity contribution is 5.92. The molecule has 0 radical (unpaired) electrons. The number of fused-ring (bicyclic) bond motifs is 15. The largest absolute Gasteiger partial charge is 0.393 e. The van der Waals surface area contributed by atoms with E-state index >= 15 is 0 Å². The standard InChI is InChI=1S/C24H30O3/c1-8(2)15-16(9(3)4)21-13-7-12(20(15)21)18-11-6-14(19(13)18)22-17(11)10(5)23(25)27-24(22)26/h10-22H,1,3,6-7H2,2,4-5H3. The number of hydrogen-bond donors (Lipinski definition) is 0. The molecule has 13 unspecified atom stereocenters. The van der Waals surface area contributed by atoms with Crippen LogP contribution in [-0.2, 0) is 14.3 Å². The number of carbonyl (C=O) groups excluding carboxylic acids is 2. The molecule has 1 saturated heterocycles. The summed E-state index contributed by atoms with van der Waals surface area (Å²) >= 11 is 0. The van der Waals surface area contributed by atoms with E-state index in [1.54, 1.807) is 0 Å². The summed E-state index contributed by atoms with van der Waals surface area (Å²) in [5, 5.41) is 0. The van der Waals surface area contributed by atoms with Gasteiger partial charge in [-0.25, -0.2) is 0 Å². The lowest BCUT2D eigenvalue weighted by Crippen LogP contribution is -2.58. The van der Waals surface area contributed by atoms with Gasteiger partial charge in [0, 0.05) is 0 Å². The van der Waals surface area contributed by atoms with E-state index in [2.05, 4.69) is 27.0 Å². The van der Waals surface area contributed by atoms with Crippen LogP contribution in [0.4, 0.5) is 0 Å². The Morgan fingerprint density at radius 3 is 1.81 bits per heavy atom. The molecule has 27 heavy (non-hydrogen) atoms. The molecule has 1 aliphatic heterocycles. The van der Waals surface area contributed by atoms with E-state index in [-0.39, 0.29) is 29.7 Å². The normalized spacial score (nSPS) is 59.0. The van der Waals surface area contributed by atoms with Crippen LogP contribution in [0.1, 0.15) is 33.6 Å². The van der Waals surface area contributed by atoms with E-state index in [0.717, 1.165) is 36.0 Å². The Labute approximate surface area is 161 Å². The molecular weight excluding hydrogens is 336 g/mol. The van der Waals surface area contributed by atoms with Gasteiger partial charge in [-0.05, 0) is 91.8 Å². The van der Waals surface area contributed by atoms with Crippen LogP contribution in [-0.4, -0.2) is 11.9 Å². The fourth-order valence-electron chi connectivity index (χ4n) is 9.83. The maximum Gasteiger partial charge on any atom is 0.317 e. The Hall–Kier alpha value is -1.38. The lowest BCUT2D eigenvalue weighted by atomic mass is 9.44. The number of carbonyl (C=O) groups is 2. The van der Waals surface area contributed by atoms with Crippen LogP contribution in [0.25, 0.3) is 0 Å². The average molecular weight is 367 g/mol. The van der Waals surface area contributed by atoms with Crippen molar-refractivity contribution in [2.24, 2.45) is 76.9 Å². The van der Waals surface area contributed by atoms with Gasteiger partial charge in [-0.15, -0.1) is 0 Å². The van der Waals surface area contributed by atoms with E-state index in [9.17, 15) is 9.59 Å². The van der Waals surface area contributed by atoms with Crippen LogP contribution in [0.5, 0.6) is 0 Å². The van der Waals surface area contributed by atoms with E-state index in [1.165, 1.54) is 17.6 Å². The van der Waals surface area contributed by atoms with Crippen molar-refractivity contribution in [2.75, 3.05) is 0 Å². The van der Waals surface area contributed by atoms with Crippen molar-refractivity contribution in [1.82, 2.24) is 0 Å². The van der Waals surface area contributed by atoms with E-state index in [4.69, 9.17) is 4.74 Å². The van der Waals surface area contributed by atoms with Crippen molar-refractivity contribution < 1.29 is 14.3 Å². The second-order valence-corrected chi connectivity index (χ2v) is 10.8. The summed E-state index contributed by atoms with van der Waals surface area (Å²) in [6.07, 6.45) is 2.49. The first kappa shape index (κ1) is 16.6. The first-order valence-electron chi connectivity index (χ1n) is 10.9. The lowest BCUT2D eigenvalue weighted by Gasteiger charge is -2.60. The summed E-state index contributed by atoms with van der Waals surface area (Å²) in [4.78, 5) is 24.8. The third-order valence-electron chi connectivity index (χ3n) is 10.1. The number of cyclic esters (lactones) is 2. The smallest absolute Gasteiger partial charge is 0.317 e. The zero-order chi connectivity index (χ0) is 18.9. The summed E-state index contributed by atoms with van der Waals surface area (Å²) in [7, 11) is 0. The average Bonchev–Trinajstić information content (AvgIpc) is 3.26. The van der Waals surface area contributed by atoms with Crippen LogP contribution >= 0.6 is 0 Å². The third-order valence-corrected chi connectivity index (χ3v) is 10.1. The maximum atomic E-state index is 12.6. The molecule has 0 N–H and O–H groups in total. The second kappa shape index (κ2) is 4.96. The van der Waals surface area contributed by atoms with Crippen molar-refractivity contribution in [3.8, 4) is 0 Å². The Kier molecular flexibility index (Phi) is 3.04. The van der Waals surface area contributed by atoms with Crippen molar-refractivity contribution in [3.63, 3.8) is 0 Å². The minimum absolute atomic E-state index is 0.0120. The minimum Gasteiger partial charge on any atom is -0.393 e. The molecule has 6 fully saturated rings. The predicted octanol–water partition coefficient (Wildman–Crippen LogP) is 4.10. The molecule has 4 bridgehead atoms. The number of rotatable bonds is 2. The molecule has 13 atom stereocenters. The van der Waals surface area contributed by atoms with Crippen molar-refractivity contribution in [2.45, 2.75) is 33.6 Å². The molecule has 6 aliphatic rings. The quantitative estimate of drug-likeness (QED) is 0.320. The zero-order valence-electron chi connectivity index (χ0n) is 16.6. The molecule has 144 valence electrons. The van der Waals surface area contributed by atoms with Crippen molar-refractivity contribution >= 4 is 11.9 Å².